The molecule has 2 bridgehead atoms. The third kappa shape index (κ3) is 4.49. The zero-order chi connectivity index (χ0) is 22.1. The van der Waals surface area contributed by atoms with Crippen LogP contribution in [0.3, 0.4) is 0 Å². The number of fused-ring (bicyclic) bond motifs is 2. The van der Waals surface area contributed by atoms with Gasteiger partial charge < -0.3 is 21.2 Å². The molecule has 164 valence electrons. The minimum Gasteiger partial charge on any atom is -0.369 e. The minimum absolute atomic E-state index is 0.0227. The van der Waals surface area contributed by atoms with Crippen LogP contribution >= 0.6 is 0 Å². The quantitative estimate of drug-likeness (QED) is 0.539. The predicted molar refractivity (Wildman–Crippen MR) is 109 cm³/mol. The second-order valence-electron chi connectivity index (χ2n) is 8.25. The Hall–Kier alpha value is -3.50. The molecule has 31 heavy (non-hydrogen) atoms. The van der Waals surface area contributed by atoms with Crippen molar-refractivity contribution in [3.63, 3.8) is 0 Å². The third-order valence-electron chi connectivity index (χ3n) is 5.42. The largest absolute Gasteiger partial charge is 0.369 e. The van der Waals surface area contributed by atoms with Crippen LogP contribution in [0.4, 0.5) is 21.8 Å². The highest BCUT2D eigenvalue weighted by molar-refractivity contribution is 5.79. The molecule has 0 unspecified atom stereocenters. The number of nitrogens with one attached hydrogen (secondary N) is 2. The lowest BCUT2D eigenvalue weighted by Gasteiger charge is -2.27. The molecule has 4 N–H and O–H groups in total. The summed E-state index contributed by atoms with van der Waals surface area (Å²) in [6.07, 6.45) is 8.99. The molecule has 1 amide bonds. The second kappa shape index (κ2) is 8.32. The maximum Gasteiger partial charge on any atom is 0.335 e. The van der Waals surface area contributed by atoms with Gasteiger partial charge in [0.05, 0.1) is 36.6 Å². The van der Waals surface area contributed by atoms with Gasteiger partial charge in [0.25, 0.3) is 0 Å². The molecular weight excluding hydrogens is 405 g/mol. The number of halogens is 1. The third-order valence-corrected chi connectivity index (χ3v) is 5.42. The van der Waals surface area contributed by atoms with E-state index in [2.05, 4.69) is 25.7 Å². The van der Waals surface area contributed by atoms with E-state index in [1.165, 1.54) is 12.4 Å². The first kappa shape index (κ1) is 20.8. The summed E-state index contributed by atoms with van der Waals surface area (Å²) in [5, 5.41) is 9.87. The van der Waals surface area contributed by atoms with E-state index in [9.17, 15) is 14.0 Å². The Bertz CT molecular complexity index is 1020. The SMILES string of the molecule is CC(C)CC(=O)On1cc(Nc2ncc(F)c(N[C@H]3[C@@H](C(N)=O)[C@@H]4C=C[C@H]3C4)n2)cn1. The maximum atomic E-state index is 14.4. The highest BCUT2D eigenvalue weighted by Gasteiger charge is 2.47. The zero-order valence-electron chi connectivity index (χ0n) is 17.2. The molecule has 1 saturated carbocycles. The Morgan fingerprint density at radius 3 is 2.84 bits per heavy atom. The first-order valence-corrected chi connectivity index (χ1v) is 10.1. The molecular formula is C20H24FN7O3. The van der Waals surface area contributed by atoms with Crippen LogP contribution in [0.1, 0.15) is 26.7 Å². The normalized spacial score (nSPS) is 23.9. The Kier molecular flexibility index (Phi) is 5.57. The summed E-state index contributed by atoms with van der Waals surface area (Å²) in [5.41, 5.74) is 6.02. The van der Waals surface area contributed by atoms with Crippen LogP contribution in [0.2, 0.25) is 0 Å². The van der Waals surface area contributed by atoms with Crippen molar-refractivity contribution in [2.45, 2.75) is 32.7 Å². The van der Waals surface area contributed by atoms with Gasteiger partial charge in [-0.2, -0.15) is 4.98 Å². The lowest BCUT2D eigenvalue weighted by Crippen LogP contribution is -2.41. The Morgan fingerprint density at radius 1 is 1.32 bits per heavy atom. The van der Waals surface area contributed by atoms with Crippen LogP contribution in [0, 0.1) is 29.5 Å². The van der Waals surface area contributed by atoms with Crippen LogP contribution in [-0.2, 0) is 9.59 Å². The summed E-state index contributed by atoms with van der Waals surface area (Å²) in [6, 6.07) is -0.326. The first-order valence-electron chi connectivity index (χ1n) is 10.1. The molecule has 0 aromatic carbocycles. The van der Waals surface area contributed by atoms with Gasteiger partial charge in [0.2, 0.25) is 11.9 Å². The summed E-state index contributed by atoms with van der Waals surface area (Å²) >= 11 is 0. The van der Waals surface area contributed by atoms with Crippen LogP contribution in [0.25, 0.3) is 0 Å². The molecule has 4 rings (SSSR count). The molecule has 0 aliphatic heterocycles. The molecule has 0 saturated heterocycles. The molecule has 2 aromatic rings. The number of nitrogens with two attached hydrogens (primary N) is 1. The van der Waals surface area contributed by atoms with Gasteiger partial charge in [0.1, 0.15) is 0 Å². The van der Waals surface area contributed by atoms with Crippen molar-refractivity contribution in [1.29, 1.82) is 0 Å². The smallest absolute Gasteiger partial charge is 0.335 e. The standard InChI is InChI=1S/C20H24FN7O3/c1-10(2)5-15(29)31-28-9-13(7-24-28)25-20-23-8-14(21)19(27-20)26-17-12-4-3-11(6-12)16(17)18(22)30/h3-4,7-12,16-17H,5-6H2,1-2H3,(H2,22,30)(H2,23,25,26,27)/t11-,12+,16+,17-/m1/s1. The van der Waals surface area contributed by atoms with Crippen molar-refractivity contribution < 1.29 is 18.8 Å². The number of aromatic nitrogens is 4. The molecule has 2 aromatic heterocycles. The van der Waals surface area contributed by atoms with Gasteiger partial charge in [-0.25, -0.2) is 14.2 Å². The van der Waals surface area contributed by atoms with E-state index in [4.69, 9.17) is 10.6 Å². The van der Waals surface area contributed by atoms with Crippen molar-refractivity contribution in [2.24, 2.45) is 29.4 Å². The fourth-order valence-electron chi connectivity index (χ4n) is 4.12. The second-order valence-corrected chi connectivity index (χ2v) is 8.25. The van der Waals surface area contributed by atoms with Crippen molar-refractivity contribution >= 4 is 29.3 Å². The van der Waals surface area contributed by atoms with Crippen molar-refractivity contribution in [3.8, 4) is 0 Å². The topological polar surface area (TPSA) is 137 Å². The summed E-state index contributed by atoms with van der Waals surface area (Å²) < 4.78 is 14.4. The number of anilines is 3. The lowest BCUT2D eigenvalue weighted by molar-refractivity contribution is -0.146. The molecule has 0 spiro atoms. The Balaban J connectivity index is 1.45. The average molecular weight is 429 g/mol. The summed E-state index contributed by atoms with van der Waals surface area (Å²) in [5.74, 6) is -1.47. The fourth-order valence-corrected chi connectivity index (χ4v) is 4.12. The number of hydrogen-bond donors (Lipinski definition) is 3. The average Bonchev–Trinajstić information content (AvgIpc) is 3.40. The van der Waals surface area contributed by atoms with E-state index >= 15 is 0 Å². The highest BCUT2D eigenvalue weighted by atomic mass is 19.1. The van der Waals surface area contributed by atoms with Crippen LogP contribution in [0.5, 0.6) is 0 Å². The van der Waals surface area contributed by atoms with Gasteiger partial charge in [0.15, 0.2) is 11.6 Å². The minimum atomic E-state index is -0.640. The van der Waals surface area contributed by atoms with Gasteiger partial charge in [-0.1, -0.05) is 30.8 Å². The number of carbonyl (C=O) groups is 2. The van der Waals surface area contributed by atoms with E-state index in [1.807, 2.05) is 26.0 Å². The summed E-state index contributed by atoms with van der Waals surface area (Å²) in [6.45, 7) is 3.82. The molecule has 2 heterocycles. The highest BCUT2D eigenvalue weighted by Crippen LogP contribution is 2.44. The van der Waals surface area contributed by atoms with Crippen LogP contribution in [-0.4, -0.2) is 37.8 Å². The molecule has 1 fully saturated rings. The number of carbonyl (C=O) groups excluding carboxylic acids is 2. The van der Waals surface area contributed by atoms with Crippen molar-refractivity contribution in [2.75, 3.05) is 10.6 Å². The number of allylic oxidation sites excluding steroid dienone is 1. The van der Waals surface area contributed by atoms with Crippen LogP contribution < -0.4 is 21.2 Å². The monoisotopic (exact) mass is 429 g/mol. The van der Waals surface area contributed by atoms with Gasteiger partial charge in [-0.3, -0.25) is 4.79 Å². The van der Waals surface area contributed by atoms with Crippen molar-refractivity contribution in [3.05, 3.63) is 36.6 Å². The Morgan fingerprint density at radius 2 is 2.10 bits per heavy atom. The maximum absolute atomic E-state index is 14.4. The number of amides is 1. The molecule has 10 nitrogen and oxygen atoms in total. The van der Waals surface area contributed by atoms with Gasteiger partial charge in [-0.15, -0.1) is 5.10 Å². The molecule has 2 aliphatic rings. The zero-order valence-corrected chi connectivity index (χ0v) is 17.2. The summed E-state index contributed by atoms with van der Waals surface area (Å²) in [7, 11) is 0. The predicted octanol–water partition coefficient (Wildman–Crippen LogP) is 1.64. The molecule has 2 aliphatic carbocycles. The van der Waals surface area contributed by atoms with E-state index < -0.39 is 23.6 Å². The Labute approximate surface area is 178 Å². The first-order chi connectivity index (χ1) is 14.8. The van der Waals surface area contributed by atoms with E-state index in [0.29, 0.717) is 5.69 Å². The molecule has 4 atom stereocenters. The number of nitrogens with zero attached hydrogens (tertiary/aromatic N) is 4. The van der Waals surface area contributed by atoms with E-state index in [1.54, 1.807) is 0 Å². The molecule has 11 heteroatoms. The van der Waals surface area contributed by atoms with Gasteiger partial charge in [0, 0.05) is 6.04 Å². The number of rotatable bonds is 8. The number of hydrogen-bond acceptors (Lipinski definition) is 8. The molecule has 0 radical (unpaired) electrons. The van der Waals surface area contributed by atoms with Gasteiger partial charge >= 0.3 is 5.97 Å². The van der Waals surface area contributed by atoms with Crippen LogP contribution in [0.15, 0.2) is 30.7 Å². The lowest BCUT2D eigenvalue weighted by atomic mass is 9.88. The van der Waals surface area contributed by atoms with Crippen molar-refractivity contribution in [1.82, 2.24) is 19.9 Å². The van der Waals surface area contributed by atoms with E-state index in [0.717, 1.165) is 17.5 Å². The fraction of sp³-hybridized carbons (Fsp3) is 0.450. The van der Waals surface area contributed by atoms with Gasteiger partial charge in [-0.05, 0) is 24.2 Å². The van der Waals surface area contributed by atoms with E-state index in [-0.39, 0.29) is 42.0 Å². The number of primary amides is 1. The summed E-state index contributed by atoms with van der Waals surface area (Å²) in [4.78, 5) is 37.9.